The van der Waals surface area contributed by atoms with Crippen LogP contribution < -0.4 is 10.6 Å². The number of benzene rings is 1. The molecule has 2 rings (SSSR count). The van der Waals surface area contributed by atoms with Gasteiger partial charge in [-0.15, -0.1) is 24.0 Å². The largest absolute Gasteiger partial charge is 0.356 e. The lowest BCUT2D eigenvalue weighted by molar-refractivity contribution is 0.274. The topological polar surface area (TPSA) is 73.8 Å². The van der Waals surface area contributed by atoms with Gasteiger partial charge in [0.1, 0.15) is 0 Å². The number of halogens is 3. The van der Waals surface area contributed by atoms with Crippen LogP contribution in [0, 0.1) is 17.6 Å². The smallest absolute Gasteiger partial charge is 0.211 e. The minimum atomic E-state index is -3.12. The van der Waals surface area contributed by atoms with Gasteiger partial charge in [-0.2, -0.15) is 0 Å². The highest BCUT2D eigenvalue weighted by Gasteiger charge is 2.25. The van der Waals surface area contributed by atoms with E-state index in [1.807, 2.05) is 6.92 Å². The maximum absolute atomic E-state index is 13.4. The number of piperidine rings is 1. The van der Waals surface area contributed by atoms with Crippen molar-refractivity contribution in [1.29, 1.82) is 0 Å². The summed E-state index contributed by atoms with van der Waals surface area (Å²) in [5, 5.41) is 6.37. The molecule has 1 atom stereocenters. The Kier molecular flexibility index (Phi) is 9.35. The zero-order valence-corrected chi connectivity index (χ0v) is 18.9. The maximum Gasteiger partial charge on any atom is 0.211 e. The van der Waals surface area contributed by atoms with Crippen molar-refractivity contribution in [2.24, 2.45) is 10.9 Å². The second-order valence-corrected chi connectivity index (χ2v) is 8.58. The van der Waals surface area contributed by atoms with Gasteiger partial charge in [0, 0.05) is 26.7 Å². The van der Waals surface area contributed by atoms with Gasteiger partial charge in [-0.25, -0.2) is 21.5 Å². The highest BCUT2D eigenvalue weighted by molar-refractivity contribution is 14.0. The van der Waals surface area contributed by atoms with Gasteiger partial charge in [0.25, 0.3) is 0 Å². The summed E-state index contributed by atoms with van der Waals surface area (Å²) in [5.74, 6) is -0.835. The zero-order valence-electron chi connectivity index (χ0n) is 15.7. The van der Waals surface area contributed by atoms with Crippen molar-refractivity contribution in [3.05, 3.63) is 35.4 Å². The third kappa shape index (κ3) is 7.15. The van der Waals surface area contributed by atoms with E-state index in [1.54, 1.807) is 7.05 Å². The highest BCUT2D eigenvalue weighted by Crippen LogP contribution is 2.19. The number of hydrogen-bond acceptors (Lipinski definition) is 3. The van der Waals surface area contributed by atoms with E-state index in [9.17, 15) is 17.2 Å². The highest BCUT2D eigenvalue weighted by atomic mass is 127. The van der Waals surface area contributed by atoms with Crippen molar-refractivity contribution in [1.82, 2.24) is 14.9 Å². The fraction of sp³-hybridized carbons (Fsp3) is 0.588. The number of aliphatic imine (C=N–C) groups is 1. The molecular weight excluding hydrogens is 489 g/mol. The van der Waals surface area contributed by atoms with Crippen LogP contribution in [0.4, 0.5) is 8.78 Å². The minimum Gasteiger partial charge on any atom is -0.356 e. The van der Waals surface area contributed by atoms with Gasteiger partial charge in [0.2, 0.25) is 10.0 Å². The van der Waals surface area contributed by atoms with Crippen LogP contribution in [-0.2, 0) is 10.0 Å². The van der Waals surface area contributed by atoms with Crippen LogP contribution in [0.2, 0.25) is 0 Å². The Morgan fingerprint density at radius 2 is 1.93 bits per heavy atom. The van der Waals surface area contributed by atoms with Crippen LogP contribution >= 0.6 is 24.0 Å². The molecule has 0 saturated carbocycles. The summed E-state index contributed by atoms with van der Waals surface area (Å²) in [4.78, 5) is 4.15. The number of sulfonamides is 1. The molecule has 1 saturated heterocycles. The van der Waals surface area contributed by atoms with Crippen LogP contribution in [0.1, 0.15) is 31.4 Å². The first-order valence-electron chi connectivity index (χ1n) is 8.58. The molecule has 0 aliphatic carbocycles. The first-order valence-corrected chi connectivity index (χ1v) is 10.4. The molecule has 1 fully saturated rings. The number of rotatable bonds is 5. The van der Waals surface area contributed by atoms with E-state index >= 15 is 0 Å². The van der Waals surface area contributed by atoms with Crippen LogP contribution in [0.3, 0.4) is 0 Å². The van der Waals surface area contributed by atoms with E-state index in [4.69, 9.17) is 0 Å². The lowest BCUT2D eigenvalue weighted by Gasteiger charge is -2.30. The molecule has 0 bridgehead atoms. The van der Waals surface area contributed by atoms with Gasteiger partial charge in [0.15, 0.2) is 17.6 Å². The Bertz CT molecular complexity index is 753. The molecule has 0 radical (unpaired) electrons. The standard InChI is InChI=1S/C17H26F2N4O2S.HI/c1-12(14-4-5-15(18)16(19)10-14)22-17(20-2)21-11-13-6-8-23(9-7-13)26(3,24)25;/h4-5,10,12-13H,6-9,11H2,1-3H3,(H2,20,21,22);1H. The summed E-state index contributed by atoms with van der Waals surface area (Å²) in [6.45, 7) is 3.57. The first-order chi connectivity index (χ1) is 12.2. The molecule has 0 amide bonds. The fourth-order valence-corrected chi connectivity index (χ4v) is 3.82. The van der Waals surface area contributed by atoms with Crippen LogP contribution in [0.15, 0.2) is 23.2 Å². The Morgan fingerprint density at radius 1 is 1.30 bits per heavy atom. The van der Waals surface area contributed by atoms with E-state index in [2.05, 4.69) is 15.6 Å². The molecule has 2 N–H and O–H groups in total. The van der Waals surface area contributed by atoms with Crippen LogP contribution in [0.25, 0.3) is 0 Å². The average molecular weight is 516 g/mol. The summed E-state index contributed by atoms with van der Waals surface area (Å²) in [6.07, 6.45) is 2.81. The predicted molar refractivity (Wildman–Crippen MR) is 114 cm³/mol. The second-order valence-electron chi connectivity index (χ2n) is 6.60. The molecule has 10 heteroatoms. The van der Waals surface area contributed by atoms with Gasteiger partial charge in [-0.1, -0.05) is 6.07 Å². The van der Waals surface area contributed by atoms with Crippen molar-refractivity contribution < 1.29 is 17.2 Å². The molecule has 1 aromatic rings. The lowest BCUT2D eigenvalue weighted by atomic mass is 9.98. The Labute approximate surface area is 176 Å². The van der Waals surface area contributed by atoms with Crippen molar-refractivity contribution in [3.63, 3.8) is 0 Å². The number of guanidine groups is 1. The number of nitrogens with zero attached hydrogens (tertiary/aromatic N) is 2. The maximum atomic E-state index is 13.4. The molecule has 1 aromatic carbocycles. The Hall–Kier alpha value is -1.01. The van der Waals surface area contributed by atoms with Crippen molar-refractivity contribution in [3.8, 4) is 0 Å². The van der Waals surface area contributed by atoms with E-state index in [1.165, 1.54) is 22.7 Å². The molecule has 1 aliphatic heterocycles. The van der Waals surface area contributed by atoms with E-state index in [0.717, 1.165) is 18.9 Å². The molecular formula is C17H27F2IN4O2S. The molecule has 1 aliphatic rings. The molecule has 27 heavy (non-hydrogen) atoms. The molecule has 154 valence electrons. The molecule has 0 aromatic heterocycles. The Balaban J connectivity index is 0.00000364. The summed E-state index contributed by atoms with van der Waals surface area (Å²) in [5.41, 5.74) is 0.619. The Morgan fingerprint density at radius 3 is 2.44 bits per heavy atom. The summed E-state index contributed by atoms with van der Waals surface area (Å²) < 4.78 is 51.0. The first kappa shape index (κ1) is 24.0. The van der Waals surface area contributed by atoms with Crippen molar-refractivity contribution in [2.75, 3.05) is 32.9 Å². The van der Waals surface area contributed by atoms with Gasteiger partial charge in [-0.05, 0) is 43.4 Å². The van der Waals surface area contributed by atoms with Gasteiger partial charge in [-0.3, -0.25) is 4.99 Å². The molecule has 1 heterocycles. The van der Waals surface area contributed by atoms with Gasteiger partial charge >= 0.3 is 0 Å². The number of nitrogens with one attached hydrogen (secondary N) is 2. The van der Waals surface area contributed by atoms with Crippen molar-refractivity contribution >= 4 is 40.0 Å². The molecule has 0 spiro atoms. The van der Waals surface area contributed by atoms with Crippen molar-refractivity contribution in [2.45, 2.75) is 25.8 Å². The normalized spacial score (nSPS) is 17.9. The van der Waals surface area contributed by atoms with E-state index < -0.39 is 21.7 Å². The minimum absolute atomic E-state index is 0. The summed E-state index contributed by atoms with van der Waals surface area (Å²) in [6, 6.07) is 3.56. The quantitative estimate of drug-likeness (QED) is 0.359. The van der Waals surface area contributed by atoms with Crippen LogP contribution in [-0.4, -0.2) is 51.6 Å². The third-order valence-corrected chi connectivity index (χ3v) is 5.92. The van der Waals surface area contributed by atoms with E-state index in [-0.39, 0.29) is 30.0 Å². The summed E-state index contributed by atoms with van der Waals surface area (Å²) in [7, 11) is -1.48. The van der Waals surface area contributed by atoms with Gasteiger partial charge in [0.05, 0.1) is 12.3 Å². The predicted octanol–water partition coefficient (Wildman–Crippen LogP) is 2.48. The van der Waals surface area contributed by atoms with Gasteiger partial charge < -0.3 is 10.6 Å². The molecule has 6 nitrogen and oxygen atoms in total. The third-order valence-electron chi connectivity index (χ3n) is 4.62. The monoisotopic (exact) mass is 516 g/mol. The average Bonchev–Trinajstić information content (AvgIpc) is 2.60. The van der Waals surface area contributed by atoms with E-state index in [0.29, 0.717) is 37.1 Å². The molecule has 1 unspecified atom stereocenters. The zero-order chi connectivity index (χ0) is 19.3. The lowest BCUT2D eigenvalue weighted by Crippen LogP contribution is -2.44. The SMILES string of the molecule is CN=C(NCC1CCN(S(C)(=O)=O)CC1)NC(C)c1ccc(F)c(F)c1.I. The van der Waals surface area contributed by atoms with Crippen LogP contribution in [0.5, 0.6) is 0 Å². The number of hydrogen-bond donors (Lipinski definition) is 2. The fourth-order valence-electron chi connectivity index (χ4n) is 2.95. The second kappa shape index (κ2) is 10.5. The summed E-state index contributed by atoms with van der Waals surface area (Å²) >= 11 is 0.